The van der Waals surface area contributed by atoms with Gasteiger partial charge in [-0.15, -0.1) is 0 Å². The second-order valence-electron chi connectivity index (χ2n) is 12.5. The van der Waals surface area contributed by atoms with Crippen molar-refractivity contribution in [1.82, 2.24) is 4.98 Å². The van der Waals surface area contributed by atoms with Crippen molar-refractivity contribution in [3.8, 4) is 6.07 Å². The first-order valence-electron chi connectivity index (χ1n) is 14.0. The third kappa shape index (κ3) is 2.95. The van der Waals surface area contributed by atoms with Gasteiger partial charge in [0.2, 0.25) is 0 Å². The van der Waals surface area contributed by atoms with E-state index in [2.05, 4.69) is 4.98 Å². The van der Waals surface area contributed by atoms with Gasteiger partial charge >= 0.3 is 0 Å². The molecule has 0 amide bonds. The summed E-state index contributed by atoms with van der Waals surface area (Å²) in [5.41, 5.74) is -3.46. The summed E-state index contributed by atoms with van der Waals surface area (Å²) in [6.07, 6.45) is 4.12. The molecule has 4 fully saturated rings. The molecule has 40 heavy (non-hydrogen) atoms. The molecule has 1 aliphatic heterocycles. The fourth-order valence-corrected chi connectivity index (χ4v) is 9.12. The number of benzene rings is 1. The number of alkyl halides is 1. The number of fused-ring (bicyclic) bond motifs is 8. The van der Waals surface area contributed by atoms with Gasteiger partial charge in [0, 0.05) is 33.9 Å². The van der Waals surface area contributed by atoms with Crippen molar-refractivity contribution in [3.05, 3.63) is 65.9 Å². The van der Waals surface area contributed by atoms with Crippen LogP contribution in [0.5, 0.6) is 0 Å². The molecule has 5 aliphatic rings. The van der Waals surface area contributed by atoms with Gasteiger partial charge < -0.3 is 14.6 Å². The summed E-state index contributed by atoms with van der Waals surface area (Å²) in [5.74, 6) is -1.49. The molecule has 2 aromatic rings. The Bertz CT molecular complexity index is 1560. The summed E-state index contributed by atoms with van der Waals surface area (Å²) in [5, 5.41) is 22.1. The largest absolute Gasteiger partial charge is 0.390 e. The lowest BCUT2D eigenvalue weighted by molar-refractivity contribution is -0.230. The minimum atomic E-state index is -2.03. The second kappa shape index (κ2) is 8.39. The Morgan fingerprint density at radius 3 is 2.85 bits per heavy atom. The molecule has 206 valence electrons. The summed E-state index contributed by atoms with van der Waals surface area (Å²) >= 11 is 0. The van der Waals surface area contributed by atoms with Gasteiger partial charge in [-0.25, -0.2) is 4.39 Å². The normalized spacial score (nSPS) is 43.3. The number of aliphatic hydroxyl groups excluding tert-OH is 1. The van der Waals surface area contributed by atoms with E-state index in [0.29, 0.717) is 24.8 Å². The summed E-state index contributed by atoms with van der Waals surface area (Å²) < 4.78 is 30.8. The minimum Gasteiger partial charge on any atom is -0.390 e. The van der Waals surface area contributed by atoms with Crippen LogP contribution in [0.2, 0.25) is 0 Å². The summed E-state index contributed by atoms with van der Waals surface area (Å²) in [4.78, 5) is 30.5. The number of para-hydroxylation sites is 1. The number of halogens is 1. The Morgan fingerprint density at radius 1 is 1.25 bits per heavy atom. The number of carbonyl (C=O) groups excluding carboxylic acids is 2. The number of ether oxygens (including phenoxy) is 2. The molecular formula is C32H31FN2O5. The van der Waals surface area contributed by atoms with Crippen LogP contribution in [0.1, 0.15) is 57.8 Å². The Morgan fingerprint density at radius 2 is 2.05 bits per heavy atom. The van der Waals surface area contributed by atoms with Crippen LogP contribution < -0.4 is 0 Å². The second-order valence-corrected chi connectivity index (χ2v) is 12.5. The highest BCUT2D eigenvalue weighted by atomic mass is 19.1. The molecule has 1 saturated heterocycles. The van der Waals surface area contributed by atoms with Crippen molar-refractivity contribution in [1.29, 1.82) is 5.26 Å². The van der Waals surface area contributed by atoms with Crippen molar-refractivity contribution < 1.29 is 28.6 Å². The van der Waals surface area contributed by atoms with E-state index in [9.17, 15) is 20.0 Å². The number of nitriles is 1. The molecule has 9 atom stereocenters. The van der Waals surface area contributed by atoms with Crippen LogP contribution in [0.4, 0.5) is 4.39 Å². The number of carbonyl (C=O) groups is 2. The van der Waals surface area contributed by atoms with Crippen LogP contribution >= 0.6 is 0 Å². The molecule has 2 heterocycles. The van der Waals surface area contributed by atoms with Gasteiger partial charge in [0.1, 0.15) is 0 Å². The van der Waals surface area contributed by atoms with E-state index >= 15 is 4.39 Å². The minimum absolute atomic E-state index is 0.0316. The van der Waals surface area contributed by atoms with Gasteiger partial charge in [-0.2, -0.15) is 5.26 Å². The van der Waals surface area contributed by atoms with E-state index in [1.54, 1.807) is 19.2 Å². The maximum absolute atomic E-state index is 17.6. The van der Waals surface area contributed by atoms with Crippen LogP contribution in [0.15, 0.2) is 60.3 Å². The summed E-state index contributed by atoms with van der Waals surface area (Å²) in [6, 6.07) is 11.4. The fraction of sp³-hybridized carbons (Fsp3) is 0.500. The molecule has 3 saturated carbocycles. The van der Waals surface area contributed by atoms with Crippen LogP contribution in [0.25, 0.3) is 10.9 Å². The van der Waals surface area contributed by atoms with Crippen LogP contribution in [0.3, 0.4) is 0 Å². The summed E-state index contributed by atoms with van der Waals surface area (Å²) in [7, 11) is 0. The van der Waals surface area contributed by atoms with E-state index in [-0.39, 0.29) is 24.5 Å². The van der Waals surface area contributed by atoms with Gasteiger partial charge in [0.15, 0.2) is 29.1 Å². The highest BCUT2D eigenvalue weighted by Gasteiger charge is 2.79. The molecule has 8 heteroatoms. The van der Waals surface area contributed by atoms with E-state index in [0.717, 1.165) is 16.5 Å². The zero-order valence-corrected chi connectivity index (χ0v) is 22.5. The first kappa shape index (κ1) is 25.7. The first-order chi connectivity index (χ1) is 19.1. The number of hydrogen-bond acceptors (Lipinski definition) is 7. The third-order valence-corrected chi connectivity index (χ3v) is 11.0. The molecule has 1 aromatic carbocycles. The number of rotatable bonds is 3. The third-order valence-electron chi connectivity index (χ3n) is 11.0. The molecule has 1 aromatic heterocycles. The maximum Gasteiger partial charge on any atom is 0.186 e. The van der Waals surface area contributed by atoms with Crippen LogP contribution in [-0.2, 0) is 19.1 Å². The van der Waals surface area contributed by atoms with Gasteiger partial charge in [-0.05, 0) is 62.8 Å². The average molecular weight is 543 g/mol. The number of aliphatic hydroxyl groups is 1. The molecule has 1 unspecified atom stereocenters. The summed E-state index contributed by atoms with van der Waals surface area (Å²) in [6.45, 7) is 3.67. The van der Waals surface area contributed by atoms with Crippen molar-refractivity contribution in [2.45, 2.75) is 75.7 Å². The predicted octanol–water partition coefficient (Wildman–Crippen LogP) is 4.85. The standard InChI is InChI=1S/C32H31FN2O5/c1-29-12-9-19(36)15-18(29)7-8-22-23-16-27-32(25(37)10-13-34,30(23,2)17-26(38)31(22,29)33)40-28(39-27)21-11-14-35-24-6-4-3-5-20(21)24/h3-6,9,11-12,14-15,22-23,26-28,38H,7-8,10,16-17H2,1-2H3/t22-,23-,26-,27+,28?,29-,30-,31-,32+/m0/s1. The number of nitrogens with zero attached hydrogens (tertiary/aromatic N) is 2. The van der Waals surface area contributed by atoms with Crippen molar-refractivity contribution in [3.63, 3.8) is 0 Å². The van der Waals surface area contributed by atoms with Gasteiger partial charge in [-0.3, -0.25) is 14.6 Å². The molecule has 1 N–H and O–H groups in total. The highest BCUT2D eigenvalue weighted by molar-refractivity contribution is 6.01. The lowest BCUT2D eigenvalue weighted by atomic mass is 9.44. The van der Waals surface area contributed by atoms with E-state index < -0.39 is 52.3 Å². The molecule has 0 bridgehead atoms. The number of Topliss-reactive ketones (excluding diaryl/α,β-unsaturated/α-hetero) is 1. The maximum atomic E-state index is 17.6. The number of allylic oxidation sites excluding steroid dienone is 4. The van der Waals surface area contributed by atoms with Gasteiger partial charge in [0.05, 0.1) is 30.2 Å². The molecule has 0 radical (unpaired) electrons. The number of ketones is 2. The molecule has 4 aliphatic carbocycles. The van der Waals surface area contributed by atoms with Gasteiger partial charge in [0.25, 0.3) is 0 Å². The number of aromatic nitrogens is 1. The Balaban J connectivity index is 1.33. The quantitative estimate of drug-likeness (QED) is 0.590. The van der Waals surface area contributed by atoms with Gasteiger partial charge in [-0.1, -0.05) is 36.8 Å². The molecule has 0 spiro atoms. The Hall–Kier alpha value is -3.25. The zero-order chi connectivity index (χ0) is 28.1. The van der Waals surface area contributed by atoms with Crippen molar-refractivity contribution >= 4 is 22.5 Å². The van der Waals surface area contributed by atoms with E-state index in [1.165, 1.54) is 12.2 Å². The van der Waals surface area contributed by atoms with Crippen molar-refractivity contribution in [2.75, 3.05) is 0 Å². The SMILES string of the molecule is C[C@]12C=CC(=O)C=C1CC[C@H]1[C@@H]3C[C@H]4OC(c5ccnc6ccccc56)O[C@@]4(C(=O)CC#N)[C@@]3(C)C[C@H](O)[C@@]12F. The molecule has 7 rings (SSSR count). The van der Waals surface area contributed by atoms with E-state index in [4.69, 9.17) is 9.47 Å². The zero-order valence-electron chi connectivity index (χ0n) is 22.5. The lowest BCUT2D eigenvalue weighted by Gasteiger charge is -2.62. The predicted molar refractivity (Wildman–Crippen MR) is 142 cm³/mol. The van der Waals surface area contributed by atoms with Crippen molar-refractivity contribution in [2.24, 2.45) is 22.7 Å². The topological polar surface area (TPSA) is 110 Å². The fourth-order valence-electron chi connectivity index (χ4n) is 9.12. The monoisotopic (exact) mass is 542 g/mol. The number of hydrogen-bond donors (Lipinski definition) is 1. The number of pyridine rings is 1. The van der Waals surface area contributed by atoms with E-state index in [1.807, 2.05) is 43.3 Å². The molecule has 7 nitrogen and oxygen atoms in total. The smallest absolute Gasteiger partial charge is 0.186 e. The lowest BCUT2D eigenvalue weighted by Crippen LogP contribution is -2.69. The highest BCUT2D eigenvalue weighted by Crippen LogP contribution is 2.72. The average Bonchev–Trinajstić information content (AvgIpc) is 3.43. The Kier molecular flexibility index (Phi) is 5.39. The Labute approximate surface area is 231 Å². The first-order valence-corrected chi connectivity index (χ1v) is 14.0. The molecular weight excluding hydrogens is 511 g/mol. The van der Waals surface area contributed by atoms with Crippen LogP contribution in [0, 0.1) is 34.0 Å². The van der Waals surface area contributed by atoms with Crippen LogP contribution in [-0.4, -0.2) is 45.1 Å².